The Hall–Kier alpha value is -2.71. The fraction of sp³-hybridized carbons (Fsp3) is 0.577. The minimum Gasteiger partial charge on any atom is -0.481 e. The Kier molecular flexibility index (Phi) is 6.33. The van der Waals surface area contributed by atoms with Crippen LogP contribution in [0.3, 0.4) is 0 Å². The zero-order chi connectivity index (χ0) is 24.9. The number of likely N-dealkylation sites (tertiary alicyclic amines) is 1. The lowest BCUT2D eigenvalue weighted by Gasteiger charge is -2.40. The van der Waals surface area contributed by atoms with Gasteiger partial charge >= 0.3 is 5.97 Å². The average molecular weight is 471 g/mol. The summed E-state index contributed by atoms with van der Waals surface area (Å²) in [5, 5.41) is 20.2. The predicted octanol–water partition coefficient (Wildman–Crippen LogP) is 2.30. The minimum atomic E-state index is -1.22. The predicted molar refractivity (Wildman–Crippen MR) is 126 cm³/mol. The van der Waals surface area contributed by atoms with Crippen LogP contribution in [0.1, 0.15) is 37.8 Å². The minimum absolute atomic E-state index is 0.145. The summed E-state index contributed by atoms with van der Waals surface area (Å²) in [6.07, 6.45) is 1.95. The van der Waals surface area contributed by atoms with Crippen LogP contribution in [0, 0.1) is 31.6 Å². The normalized spacial score (nSPS) is 30.5. The van der Waals surface area contributed by atoms with E-state index in [9.17, 15) is 24.6 Å². The van der Waals surface area contributed by atoms with Crippen molar-refractivity contribution in [3.8, 4) is 0 Å². The van der Waals surface area contributed by atoms with Gasteiger partial charge in [-0.25, -0.2) is 0 Å². The summed E-state index contributed by atoms with van der Waals surface area (Å²) in [4.78, 5) is 43.5. The molecule has 1 aromatic carbocycles. The summed E-state index contributed by atoms with van der Waals surface area (Å²) >= 11 is 0. The van der Waals surface area contributed by atoms with Crippen LogP contribution in [-0.4, -0.2) is 69.8 Å². The van der Waals surface area contributed by atoms with Crippen LogP contribution in [0.15, 0.2) is 30.9 Å². The molecule has 34 heavy (non-hydrogen) atoms. The molecule has 0 aromatic heterocycles. The van der Waals surface area contributed by atoms with Gasteiger partial charge in [-0.2, -0.15) is 0 Å². The van der Waals surface area contributed by atoms with Gasteiger partial charge in [-0.05, 0) is 43.7 Å². The number of hydrogen-bond donors (Lipinski definition) is 2. The second-order valence-electron chi connectivity index (χ2n) is 10.1. The second-order valence-corrected chi connectivity index (χ2v) is 10.1. The highest BCUT2D eigenvalue weighted by Crippen LogP contribution is 2.59. The molecule has 1 aromatic rings. The number of ether oxygens (including phenoxy) is 1. The van der Waals surface area contributed by atoms with Gasteiger partial charge in [-0.1, -0.05) is 38.1 Å². The number of aryl methyl sites for hydroxylation is 2. The van der Waals surface area contributed by atoms with E-state index < -0.39 is 47.5 Å². The molecule has 1 spiro atoms. The molecule has 2 bridgehead atoms. The van der Waals surface area contributed by atoms with Crippen molar-refractivity contribution in [1.29, 1.82) is 0 Å². The van der Waals surface area contributed by atoms with Gasteiger partial charge in [0, 0.05) is 12.2 Å². The van der Waals surface area contributed by atoms with E-state index in [-0.39, 0.29) is 25.0 Å². The largest absolute Gasteiger partial charge is 0.481 e. The quantitative estimate of drug-likeness (QED) is 0.565. The summed E-state index contributed by atoms with van der Waals surface area (Å²) in [5.41, 5.74) is 1.33. The number of anilines is 1. The third-order valence-corrected chi connectivity index (χ3v) is 7.86. The van der Waals surface area contributed by atoms with Crippen LogP contribution in [0.5, 0.6) is 0 Å². The van der Waals surface area contributed by atoms with Crippen molar-refractivity contribution in [2.24, 2.45) is 17.8 Å². The topological polar surface area (TPSA) is 107 Å². The Labute approximate surface area is 200 Å². The summed E-state index contributed by atoms with van der Waals surface area (Å²) in [6, 6.07) is 4.10. The number of nitrogens with zero attached hydrogens (tertiary/aromatic N) is 2. The number of carbonyl (C=O) groups is 3. The number of benzene rings is 1. The van der Waals surface area contributed by atoms with Crippen LogP contribution in [0.2, 0.25) is 0 Å². The molecule has 3 heterocycles. The highest BCUT2D eigenvalue weighted by molar-refractivity contribution is 6.05. The van der Waals surface area contributed by atoms with E-state index >= 15 is 0 Å². The molecule has 184 valence electrons. The summed E-state index contributed by atoms with van der Waals surface area (Å²) in [7, 11) is 0. The number of fused-ring (bicyclic) bond motifs is 1. The molecular weight excluding hydrogens is 436 g/mol. The monoisotopic (exact) mass is 470 g/mol. The number of carbonyl (C=O) groups excluding carboxylic acids is 2. The Bertz CT molecular complexity index is 1000. The Morgan fingerprint density at radius 1 is 1.32 bits per heavy atom. The maximum atomic E-state index is 14.4. The molecule has 3 aliphatic heterocycles. The lowest BCUT2D eigenvalue weighted by Crippen LogP contribution is -2.60. The molecule has 8 heteroatoms. The number of aliphatic hydroxyl groups is 1. The smallest absolute Gasteiger partial charge is 0.310 e. The van der Waals surface area contributed by atoms with E-state index in [0.29, 0.717) is 12.8 Å². The van der Waals surface area contributed by atoms with Gasteiger partial charge in [0.25, 0.3) is 5.91 Å². The lowest BCUT2D eigenvalue weighted by molar-refractivity contribution is -0.151. The first-order valence-corrected chi connectivity index (χ1v) is 11.9. The maximum absolute atomic E-state index is 14.4. The van der Waals surface area contributed by atoms with Crippen molar-refractivity contribution >= 4 is 23.5 Å². The van der Waals surface area contributed by atoms with Crippen molar-refractivity contribution in [2.45, 2.75) is 64.3 Å². The average Bonchev–Trinajstić information content (AvgIpc) is 3.41. The molecule has 0 saturated carbocycles. The van der Waals surface area contributed by atoms with Gasteiger partial charge < -0.3 is 24.7 Å². The summed E-state index contributed by atoms with van der Waals surface area (Å²) in [6.45, 7) is 11.3. The van der Waals surface area contributed by atoms with E-state index in [1.807, 2.05) is 45.9 Å². The van der Waals surface area contributed by atoms with Crippen LogP contribution in [0.25, 0.3) is 0 Å². The molecule has 3 fully saturated rings. The molecule has 2 amide bonds. The molecule has 0 radical (unpaired) electrons. The summed E-state index contributed by atoms with van der Waals surface area (Å²) in [5.74, 6) is -3.93. The fourth-order valence-corrected chi connectivity index (χ4v) is 6.43. The van der Waals surface area contributed by atoms with Gasteiger partial charge in [0.1, 0.15) is 11.6 Å². The first kappa shape index (κ1) is 24.4. The van der Waals surface area contributed by atoms with E-state index in [0.717, 1.165) is 16.8 Å². The Morgan fingerprint density at radius 2 is 1.97 bits per heavy atom. The van der Waals surface area contributed by atoms with Gasteiger partial charge in [-0.15, -0.1) is 6.58 Å². The van der Waals surface area contributed by atoms with Crippen LogP contribution < -0.4 is 4.90 Å². The standard InChI is InChI=1S/C26H34N2O6/c1-6-12-27(21-15(4)8-7-9-16(21)5)24(31)22-26-11-10-18(34-26)19(25(32)33)20(26)23(30)28(22)17(13-29)14(2)3/h6-9,14,17-20,22,29H,1,10-13H2,2-5H3,(H,32,33)/t17-,18-,19+,20-,22?,26?/m0/s1. The van der Waals surface area contributed by atoms with E-state index in [4.69, 9.17) is 4.74 Å². The van der Waals surface area contributed by atoms with Crippen molar-refractivity contribution < 1.29 is 29.3 Å². The number of para-hydroxylation sites is 1. The van der Waals surface area contributed by atoms with Gasteiger partial charge in [0.2, 0.25) is 5.91 Å². The second kappa shape index (κ2) is 8.82. The number of carboxylic acids is 1. The maximum Gasteiger partial charge on any atom is 0.310 e. The van der Waals surface area contributed by atoms with Crippen LogP contribution in [0.4, 0.5) is 5.69 Å². The highest BCUT2D eigenvalue weighted by atomic mass is 16.5. The molecule has 0 aliphatic carbocycles. The number of aliphatic hydroxyl groups excluding tert-OH is 1. The Balaban J connectivity index is 1.88. The molecule has 3 saturated heterocycles. The number of hydrogen-bond acceptors (Lipinski definition) is 5. The van der Waals surface area contributed by atoms with Crippen molar-refractivity contribution in [1.82, 2.24) is 4.90 Å². The molecule has 2 unspecified atom stereocenters. The third kappa shape index (κ3) is 3.38. The lowest BCUT2D eigenvalue weighted by atomic mass is 9.70. The van der Waals surface area contributed by atoms with E-state index in [2.05, 4.69) is 6.58 Å². The number of aliphatic carboxylic acids is 1. The SMILES string of the molecule is C=CCN(C(=O)C1N([C@@H](CO)C(C)C)C(=O)[C@@H]2[C@H](C(=O)O)[C@@H]3CCC12O3)c1c(C)cccc1C. The van der Waals surface area contributed by atoms with Crippen molar-refractivity contribution in [2.75, 3.05) is 18.1 Å². The van der Waals surface area contributed by atoms with E-state index in [1.54, 1.807) is 11.0 Å². The molecule has 2 N–H and O–H groups in total. The van der Waals surface area contributed by atoms with Gasteiger partial charge in [-0.3, -0.25) is 14.4 Å². The zero-order valence-corrected chi connectivity index (χ0v) is 20.2. The number of amides is 2. The molecule has 8 nitrogen and oxygen atoms in total. The molecule has 4 rings (SSSR count). The fourth-order valence-electron chi connectivity index (χ4n) is 6.43. The first-order valence-electron chi connectivity index (χ1n) is 11.9. The third-order valence-electron chi connectivity index (χ3n) is 7.86. The van der Waals surface area contributed by atoms with Crippen molar-refractivity contribution in [3.05, 3.63) is 42.0 Å². The zero-order valence-electron chi connectivity index (χ0n) is 20.2. The Morgan fingerprint density at radius 3 is 2.50 bits per heavy atom. The molecular formula is C26H34N2O6. The summed E-state index contributed by atoms with van der Waals surface area (Å²) < 4.78 is 6.29. The molecule has 6 atom stereocenters. The van der Waals surface area contributed by atoms with Crippen molar-refractivity contribution in [3.63, 3.8) is 0 Å². The van der Waals surface area contributed by atoms with Gasteiger partial charge in [0.05, 0.1) is 30.6 Å². The first-order chi connectivity index (χ1) is 16.1. The number of rotatable bonds is 8. The van der Waals surface area contributed by atoms with Crippen LogP contribution in [-0.2, 0) is 19.1 Å². The highest BCUT2D eigenvalue weighted by Gasteiger charge is 2.75. The van der Waals surface area contributed by atoms with E-state index in [1.165, 1.54) is 4.90 Å². The van der Waals surface area contributed by atoms with Gasteiger partial charge in [0.15, 0.2) is 0 Å². The molecule has 3 aliphatic rings. The van der Waals surface area contributed by atoms with Crippen LogP contribution >= 0.6 is 0 Å². The number of carboxylic acid groups (broad SMARTS) is 1.